The largest absolute Gasteiger partial charge is 0.325 e. The van der Waals surface area contributed by atoms with Gasteiger partial charge in [0.1, 0.15) is 0 Å². The number of nitro groups is 1. The van der Waals surface area contributed by atoms with Gasteiger partial charge < -0.3 is 9.88 Å². The Balaban J connectivity index is 1.58. The molecule has 0 bridgehead atoms. The molecule has 0 saturated heterocycles. The number of hydrogen-bond acceptors (Lipinski definition) is 5. The number of hydrogen-bond donors (Lipinski definition) is 1. The SMILES string of the molecule is O=C(CSc1nccn1Cc1ccc(Cl)cc1)Nc1cccc([N+](=O)[O-])c1. The van der Waals surface area contributed by atoms with E-state index >= 15 is 0 Å². The minimum Gasteiger partial charge on any atom is -0.325 e. The van der Waals surface area contributed by atoms with Crippen LogP contribution in [0.3, 0.4) is 0 Å². The third-order valence-electron chi connectivity index (χ3n) is 3.62. The number of benzene rings is 2. The van der Waals surface area contributed by atoms with E-state index in [-0.39, 0.29) is 17.3 Å². The first-order valence-electron chi connectivity index (χ1n) is 7.94. The highest BCUT2D eigenvalue weighted by Gasteiger charge is 2.11. The molecule has 7 nitrogen and oxygen atoms in total. The molecule has 0 aliphatic heterocycles. The van der Waals surface area contributed by atoms with Crippen molar-refractivity contribution >= 4 is 40.6 Å². The van der Waals surface area contributed by atoms with Crippen molar-refractivity contribution in [3.05, 3.63) is 81.6 Å². The van der Waals surface area contributed by atoms with Gasteiger partial charge in [-0.05, 0) is 23.8 Å². The first-order chi connectivity index (χ1) is 13.0. The third-order valence-corrected chi connectivity index (χ3v) is 4.87. The maximum absolute atomic E-state index is 12.1. The summed E-state index contributed by atoms with van der Waals surface area (Å²) in [6.07, 6.45) is 3.52. The number of non-ortho nitro benzene ring substituents is 1. The van der Waals surface area contributed by atoms with Gasteiger partial charge in [0.25, 0.3) is 5.69 Å². The highest BCUT2D eigenvalue weighted by molar-refractivity contribution is 7.99. The van der Waals surface area contributed by atoms with E-state index < -0.39 is 4.92 Å². The smallest absolute Gasteiger partial charge is 0.271 e. The molecule has 27 heavy (non-hydrogen) atoms. The summed E-state index contributed by atoms with van der Waals surface area (Å²) in [5.41, 5.74) is 1.39. The lowest BCUT2D eigenvalue weighted by Crippen LogP contribution is -2.14. The average Bonchev–Trinajstić information content (AvgIpc) is 3.09. The Bertz CT molecular complexity index is 959. The number of nitro benzene ring substituents is 1. The number of imidazole rings is 1. The fourth-order valence-corrected chi connectivity index (χ4v) is 3.25. The van der Waals surface area contributed by atoms with Gasteiger partial charge in [0.15, 0.2) is 5.16 Å². The number of nitrogens with zero attached hydrogens (tertiary/aromatic N) is 3. The second-order valence-corrected chi connectivity index (χ2v) is 6.99. The zero-order chi connectivity index (χ0) is 19.2. The number of carbonyl (C=O) groups excluding carboxylic acids is 1. The van der Waals surface area contributed by atoms with Gasteiger partial charge in [0, 0.05) is 41.8 Å². The Hall–Kier alpha value is -2.84. The van der Waals surface area contributed by atoms with Crippen LogP contribution in [0, 0.1) is 10.1 Å². The molecular formula is C18H15ClN4O3S. The van der Waals surface area contributed by atoms with Crippen LogP contribution in [0.25, 0.3) is 0 Å². The quantitative estimate of drug-likeness (QED) is 0.363. The molecule has 0 saturated carbocycles. The summed E-state index contributed by atoms with van der Waals surface area (Å²) in [7, 11) is 0. The average molecular weight is 403 g/mol. The summed E-state index contributed by atoms with van der Waals surface area (Å²) < 4.78 is 1.94. The zero-order valence-electron chi connectivity index (χ0n) is 14.0. The van der Waals surface area contributed by atoms with Crippen molar-refractivity contribution in [3.63, 3.8) is 0 Å². The van der Waals surface area contributed by atoms with Gasteiger partial charge in [0.05, 0.1) is 10.7 Å². The standard InChI is InChI=1S/C18H15ClN4O3S/c19-14-6-4-13(5-7-14)11-22-9-8-20-18(22)27-12-17(24)21-15-2-1-3-16(10-15)23(25)26/h1-10H,11-12H2,(H,21,24). The number of nitrogens with one attached hydrogen (secondary N) is 1. The fraction of sp³-hybridized carbons (Fsp3) is 0.111. The van der Waals surface area contributed by atoms with Gasteiger partial charge in [-0.15, -0.1) is 0 Å². The number of halogens is 1. The van der Waals surface area contributed by atoms with Gasteiger partial charge in [0.2, 0.25) is 5.91 Å². The third kappa shape index (κ3) is 5.32. The monoisotopic (exact) mass is 402 g/mol. The number of aromatic nitrogens is 2. The number of carbonyl (C=O) groups is 1. The molecule has 0 unspecified atom stereocenters. The van der Waals surface area contributed by atoms with Crippen LogP contribution in [0.15, 0.2) is 66.1 Å². The molecule has 2 aromatic carbocycles. The molecule has 138 valence electrons. The first-order valence-corrected chi connectivity index (χ1v) is 9.30. The molecule has 3 aromatic rings. The van der Waals surface area contributed by atoms with Crippen molar-refractivity contribution in [3.8, 4) is 0 Å². The lowest BCUT2D eigenvalue weighted by Gasteiger charge is -2.08. The van der Waals surface area contributed by atoms with Crippen LogP contribution in [0.1, 0.15) is 5.56 Å². The maximum atomic E-state index is 12.1. The number of amides is 1. The molecular weight excluding hydrogens is 388 g/mol. The van der Waals surface area contributed by atoms with Crippen molar-refractivity contribution in [2.24, 2.45) is 0 Å². The van der Waals surface area contributed by atoms with Crippen LogP contribution >= 0.6 is 23.4 Å². The van der Waals surface area contributed by atoms with Crippen LogP contribution in [0.4, 0.5) is 11.4 Å². The summed E-state index contributed by atoms with van der Waals surface area (Å²) >= 11 is 7.19. The van der Waals surface area contributed by atoms with Crippen LogP contribution in [0.2, 0.25) is 5.02 Å². The Labute approximate surface area is 164 Å². The van der Waals surface area contributed by atoms with Crippen LogP contribution in [-0.4, -0.2) is 26.1 Å². The van der Waals surface area contributed by atoms with Crippen LogP contribution in [0.5, 0.6) is 0 Å². The fourth-order valence-electron chi connectivity index (χ4n) is 2.37. The molecule has 1 amide bonds. The molecule has 1 N–H and O–H groups in total. The van der Waals surface area contributed by atoms with Crippen molar-refractivity contribution in [2.75, 3.05) is 11.1 Å². The van der Waals surface area contributed by atoms with Gasteiger partial charge in [-0.25, -0.2) is 4.98 Å². The molecule has 0 aliphatic rings. The molecule has 0 spiro atoms. The van der Waals surface area contributed by atoms with Crippen LogP contribution < -0.4 is 5.32 Å². The van der Waals surface area contributed by atoms with Gasteiger partial charge in [-0.1, -0.05) is 41.6 Å². The summed E-state index contributed by atoms with van der Waals surface area (Å²) in [5.74, 6) is -0.123. The minimum absolute atomic E-state index is 0.0704. The number of thioether (sulfide) groups is 1. The van der Waals surface area contributed by atoms with E-state index in [4.69, 9.17) is 11.6 Å². The highest BCUT2D eigenvalue weighted by atomic mass is 35.5. The molecule has 0 atom stereocenters. The van der Waals surface area contributed by atoms with E-state index in [0.29, 0.717) is 22.4 Å². The van der Waals surface area contributed by atoms with Gasteiger partial charge >= 0.3 is 0 Å². The van der Waals surface area contributed by atoms with Gasteiger partial charge in [-0.3, -0.25) is 14.9 Å². The topological polar surface area (TPSA) is 90.1 Å². The van der Waals surface area contributed by atoms with Crippen molar-refractivity contribution in [2.45, 2.75) is 11.7 Å². The Kier molecular flexibility index (Phi) is 6.10. The van der Waals surface area contributed by atoms with E-state index in [1.807, 2.05) is 35.0 Å². The normalized spacial score (nSPS) is 10.6. The van der Waals surface area contributed by atoms with E-state index in [1.54, 1.807) is 12.3 Å². The Morgan fingerprint density at radius 2 is 2.04 bits per heavy atom. The maximum Gasteiger partial charge on any atom is 0.271 e. The van der Waals surface area contributed by atoms with E-state index in [1.165, 1.54) is 30.0 Å². The van der Waals surface area contributed by atoms with E-state index in [0.717, 1.165) is 5.56 Å². The highest BCUT2D eigenvalue weighted by Crippen LogP contribution is 2.20. The predicted molar refractivity (Wildman–Crippen MR) is 105 cm³/mol. The van der Waals surface area contributed by atoms with Crippen molar-refractivity contribution < 1.29 is 9.72 Å². The van der Waals surface area contributed by atoms with E-state index in [9.17, 15) is 14.9 Å². The Morgan fingerprint density at radius 1 is 1.26 bits per heavy atom. The number of anilines is 1. The molecule has 1 heterocycles. The zero-order valence-corrected chi connectivity index (χ0v) is 15.6. The summed E-state index contributed by atoms with van der Waals surface area (Å²) in [4.78, 5) is 26.7. The second-order valence-electron chi connectivity index (χ2n) is 5.61. The summed E-state index contributed by atoms with van der Waals surface area (Å²) in [5, 5.41) is 14.8. The van der Waals surface area contributed by atoms with Crippen LogP contribution in [-0.2, 0) is 11.3 Å². The second kappa shape index (κ2) is 8.70. The molecule has 0 fully saturated rings. The van der Waals surface area contributed by atoms with Gasteiger partial charge in [-0.2, -0.15) is 0 Å². The summed E-state index contributed by atoms with van der Waals surface area (Å²) in [6, 6.07) is 13.4. The summed E-state index contributed by atoms with van der Waals surface area (Å²) in [6.45, 7) is 0.617. The minimum atomic E-state index is -0.502. The predicted octanol–water partition coefficient (Wildman–Crippen LogP) is 4.22. The lowest BCUT2D eigenvalue weighted by atomic mass is 10.2. The van der Waals surface area contributed by atoms with Crippen molar-refractivity contribution in [1.82, 2.24) is 9.55 Å². The molecule has 9 heteroatoms. The molecule has 0 radical (unpaired) electrons. The first kappa shape index (κ1) is 18.9. The van der Waals surface area contributed by atoms with Crippen molar-refractivity contribution in [1.29, 1.82) is 0 Å². The molecule has 3 rings (SSSR count). The van der Waals surface area contributed by atoms with E-state index in [2.05, 4.69) is 10.3 Å². The molecule has 0 aliphatic carbocycles. The Morgan fingerprint density at radius 3 is 2.78 bits per heavy atom. The number of rotatable bonds is 7. The lowest BCUT2D eigenvalue weighted by molar-refractivity contribution is -0.384. The molecule has 1 aromatic heterocycles.